The molecule has 0 amide bonds. The lowest BCUT2D eigenvalue weighted by Gasteiger charge is -2.23. The van der Waals surface area contributed by atoms with E-state index in [1.54, 1.807) is 0 Å². The van der Waals surface area contributed by atoms with Crippen LogP contribution in [0.15, 0.2) is 40.9 Å². The minimum Gasteiger partial charge on any atom is -0.454 e. The van der Waals surface area contributed by atoms with Crippen LogP contribution in [0, 0.1) is 6.92 Å². The molecule has 7 heteroatoms. The third-order valence-corrected chi connectivity index (χ3v) is 4.93. The van der Waals surface area contributed by atoms with E-state index in [2.05, 4.69) is 37.7 Å². The van der Waals surface area contributed by atoms with Crippen LogP contribution < -0.4 is 5.32 Å². The van der Waals surface area contributed by atoms with E-state index < -0.39 is 0 Å². The van der Waals surface area contributed by atoms with Crippen molar-refractivity contribution in [2.45, 2.75) is 38.9 Å². The monoisotopic (exact) mass is 348 g/mol. The molecule has 132 valence electrons. The topological polar surface area (TPSA) is 84.6 Å². The predicted molar refractivity (Wildman–Crippen MR) is 97.5 cm³/mol. The van der Waals surface area contributed by atoms with Crippen molar-refractivity contribution >= 4 is 11.0 Å². The fourth-order valence-electron chi connectivity index (χ4n) is 3.62. The summed E-state index contributed by atoms with van der Waals surface area (Å²) in [5.74, 6) is 2.76. The van der Waals surface area contributed by atoms with Crippen LogP contribution in [0.4, 0.5) is 0 Å². The average Bonchev–Trinajstić information content (AvgIpc) is 3.35. The molecule has 0 saturated heterocycles. The third kappa shape index (κ3) is 2.70. The number of hydrogen-bond donors (Lipinski definition) is 2. The molecule has 0 saturated carbocycles. The van der Waals surface area contributed by atoms with Crippen molar-refractivity contribution in [1.29, 1.82) is 0 Å². The lowest BCUT2D eigenvalue weighted by molar-refractivity contribution is 0.358. The summed E-state index contributed by atoms with van der Waals surface area (Å²) < 4.78 is 7.99. The molecular weight excluding hydrogens is 328 g/mol. The molecule has 0 unspecified atom stereocenters. The number of aromatic nitrogens is 5. The summed E-state index contributed by atoms with van der Waals surface area (Å²) in [5, 5.41) is 16.5. The molecule has 1 aliphatic rings. The first-order chi connectivity index (χ1) is 12.8. The van der Waals surface area contributed by atoms with Gasteiger partial charge in [-0.2, -0.15) is 10.2 Å². The second-order valence-electron chi connectivity index (χ2n) is 6.79. The maximum Gasteiger partial charge on any atom is 0.153 e. The van der Waals surface area contributed by atoms with Gasteiger partial charge in [-0.3, -0.25) is 5.10 Å². The highest BCUT2D eigenvalue weighted by Gasteiger charge is 2.21. The largest absolute Gasteiger partial charge is 0.454 e. The zero-order valence-corrected chi connectivity index (χ0v) is 14.6. The molecule has 1 aliphatic heterocycles. The molecule has 0 radical (unpaired) electrons. The van der Waals surface area contributed by atoms with Gasteiger partial charge in [0.2, 0.25) is 0 Å². The zero-order chi connectivity index (χ0) is 17.5. The summed E-state index contributed by atoms with van der Waals surface area (Å²) in [6.45, 7) is 3.53. The van der Waals surface area contributed by atoms with Crippen LogP contribution in [-0.4, -0.2) is 31.0 Å². The van der Waals surface area contributed by atoms with Crippen LogP contribution in [0.25, 0.3) is 22.4 Å². The van der Waals surface area contributed by atoms with E-state index in [9.17, 15) is 0 Å². The van der Waals surface area contributed by atoms with E-state index in [-0.39, 0.29) is 0 Å². The standard InChI is InChI=1S/C19H20N6O/c1-12-22-18-7-6-15(11-25(18)24-12)20-9-14-10-21-23-19(14)17-8-13-4-2-3-5-16(13)26-17/h2-5,8,10,15,20H,6-7,9,11H2,1H3,(H,21,23)/t15-/m0/s1. The second kappa shape index (κ2) is 6.10. The highest BCUT2D eigenvalue weighted by Crippen LogP contribution is 2.28. The number of furan rings is 1. The molecule has 4 heterocycles. The summed E-state index contributed by atoms with van der Waals surface area (Å²) in [4.78, 5) is 4.47. The van der Waals surface area contributed by atoms with Gasteiger partial charge in [0.25, 0.3) is 0 Å². The first-order valence-corrected chi connectivity index (χ1v) is 8.91. The summed E-state index contributed by atoms with van der Waals surface area (Å²) in [5.41, 5.74) is 2.92. The molecule has 1 atom stereocenters. The molecule has 0 aliphatic carbocycles. The van der Waals surface area contributed by atoms with E-state index in [0.717, 1.165) is 65.6 Å². The van der Waals surface area contributed by atoms with Gasteiger partial charge in [-0.05, 0) is 25.5 Å². The van der Waals surface area contributed by atoms with E-state index in [0.29, 0.717) is 6.04 Å². The Morgan fingerprint density at radius 3 is 3.19 bits per heavy atom. The summed E-state index contributed by atoms with van der Waals surface area (Å²) in [6, 6.07) is 10.5. The highest BCUT2D eigenvalue weighted by atomic mass is 16.3. The molecule has 26 heavy (non-hydrogen) atoms. The number of para-hydroxylation sites is 1. The minimum atomic E-state index is 0.377. The summed E-state index contributed by atoms with van der Waals surface area (Å²) >= 11 is 0. The van der Waals surface area contributed by atoms with Crippen LogP contribution in [-0.2, 0) is 19.5 Å². The van der Waals surface area contributed by atoms with Gasteiger partial charge in [0.15, 0.2) is 5.76 Å². The van der Waals surface area contributed by atoms with Gasteiger partial charge in [0.1, 0.15) is 22.9 Å². The molecule has 0 spiro atoms. The van der Waals surface area contributed by atoms with Crippen LogP contribution in [0.2, 0.25) is 0 Å². The van der Waals surface area contributed by atoms with Crippen LogP contribution >= 0.6 is 0 Å². The fourth-order valence-corrected chi connectivity index (χ4v) is 3.62. The molecule has 2 N–H and O–H groups in total. The first-order valence-electron chi connectivity index (χ1n) is 8.91. The van der Waals surface area contributed by atoms with Gasteiger partial charge < -0.3 is 9.73 Å². The molecule has 0 fully saturated rings. The number of benzene rings is 1. The number of nitrogens with zero attached hydrogens (tertiary/aromatic N) is 4. The van der Waals surface area contributed by atoms with Gasteiger partial charge in [-0.1, -0.05) is 18.2 Å². The van der Waals surface area contributed by atoms with E-state index in [4.69, 9.17) is 4.42 Å². The first kappa shape index (κ1) is 15.3. The molecule has 7 nitrogen and oxygen atoms in total. The van der Waals surface area contributed by atoms with Crippen molar-refractivity contribution in [3.8, 4) is 11.5 Å². The number of rotatable bonds is 4. The van der Waals surface area contributed by atoms with Crippen molar-refractivity contribution < 1.29 is 4.42 Å². The lowest BCUT2D eigenvalue weighted by Crippen LogP contribution is -2.37. The number of hydrogen-bond acceptors (Lipinski definition) is 5. The lowest BCUT2D eigenvalue weighted by atomic mass is 10.1. The van der Waals surface area contributed by atoms with Crippen LogP contribution in [0.5, 0.6) is 0 Å². The van der Waals surface area contributed by atoms with Gasteiger partial charge in [0.05, 0.1) is 12.7 Å². The fraction of sp³-hybridized carbons (Fsp3) is 0.316. The average molecular weight is 348 g/mol. The van der Waals surface area contributed by atoms with Crippen molar-refractivity contribution in [1.82, 2.24) is 30.3 Å². The second-order valence-corrected chi connectivity index (χ2v) is 6.79. The molecule has 5 rings (SSSR count). The number of nitrogens with one attached hydrogen (secondary N) is 2. The Labute approximate surface area is 150 Å². The number of fused-ring (bicyclic) bond motifs is 2. The highest BCUT2D eigenvalue weighted by molar-refractivity contribution is 5.82. The Bertz CT molecular complexity index is 1030. The molecule has 1 aromatic carbocycles. The number of aryl methyl sites for hydroxylation is 2. The maximum atomic E-state index is 5.97. The SMILES string of the molecule is Cc1nc2n(n1)C[C@@H](NCc1cn[nH]c1-c1cc3ccccc3o1)CC2. The van der Waals surface area contributed by atoms with E-state index in [1.807, 2.05) is 36.0 Å². The van der Waals surface area contributed by atoms with Gasteiger partial charge >= 0.3 is 0 Å². The third-order valence-electron chi connectivity index (χ3n) is 4.93. The minimum absolute atomic E-state index is 0.377. The smallest absolute Gasteiger partial charge is 0.153 e. The van der Waals surface area contributed by atoms with Gasteiger partial charge in [-0.25, -0.2) is 9.67 Å². The Morgan fingerprint density at radius 2 is 2.27 bits per heavy atom. The Kier molecular flexibility index (Phi) is 3.60. The molecule has 4 aromatic rings. The van der Waals surface area contributed by atoms with Gasteiger partial charge in [0, 0.05) is 30.0 Å². The quantitative estimate of drug-likeness (QED) is 0.592. The Balaban J connectivity index is 1.32. The molecular formula is C19H20N6O. The normalized spacial score (nSPS) is 16.9. The summed E-state index contributed by atoms with van der Waals surface area (Å²) in [7, 11) is 0. The van der Waals surface area contributed by atoms with Crippen molar-refractivity contribution in [3.63, 3.8) is 0 Å². The zero-order valence-electron chi connectivity index (χ0n) is 14.6. The Morgan fingerprint density at radius 1 is 1.35 bits per heavy atom. The van der Waals surface area contributed by atoms with E-state index in [1.165, 1.54) is 0 Å². The maximum absolute atomic E-state index is 5.97. The van der Waals surface area contributed by atoms with Crippen LogP contribution in [0.3, 0.4) is 0 Å². The summed E-state index contributed by atoms with van der Waals surface area (Å²) in [6.07, 6.45) is 3.89. The molecule has 0 bridgehead atoms. The number of aromatic amines is 1. The Hall–Kier alpha value is -2.93. The van der Waals surface area contributed by atoms with Gasteiger partial charge in [-0.15, -0.1) is 0 Å². The van der Waals surface area contributed by atoms with Crippen molar-refractivity contribution in [2.75, 3.05) is 0 Å². The van der Waals surface area contributed by atoms with E-state index >= 15 is 0 Å². The molecule has 3 aromatic heterocycles. The van der Waals surface area contributed by atoms with Crippen molar-refractivity contribution in [2.24, 2.45) is 0 Å². The van der Waals surface area contributed by atoms with Crippen molar-refractivity contribution in [3.05, 3.63) is 53.7 Å². The number of H-pyrrole nitrogens is 1. The van der Waals surface area contributed by atoms with Crippen LogP contribution in [0.1, 0.15) is 23.6 Å². The predicted octanol–water partition coefficient (Wildman–Crippen LogP) is 2.83.